The molecule has 4 unspecified atom stereocenters. The van der Waals surface area contributed by atoms with Crippen molar-refractivity contribution in [3.8, 4) is 0 Å². The van der Waals surface area contributed by atoms with Crippen molar-refractivity contribution in [2.75, 3.05) is 0 Å². The molecule has 3 rings (SSSR count). The summed E-state index contributed by atoms with van der Waals surface area (Å²) < 4.78 is 0. The van der Waals surface area contributed by atoms with Crippen LogP contribution in [-0.4, -0.2) is 0 Å². The highest BCUT2D eigenvalue weighted by molar-refractivity contribution is 4.95. The van der Waals surface area contributed by atoms with Gasteiger partial charge in [0.1, 0.15) is 0 Å². The molecule has 3 aliphatic rings. The molecule has 3 aliphatic carbocycles. The van der Waals surface area contributed by atoms with Gasteiger partial charge in [-0.05, 0) is 42.9 Å². The van der Waals surface area contributed by atoms with E-state index in [9.17, 15) is 0 Å². The lowest BCUT2D eigenvalue weighted by Crippen LogP contribution is -1.98. The van der Waals surface area contributed by atoms with E-state index in [1.165, 1.54) is 17.8 Å². The largest absolute Gasteiger partial charge is 0.0530 e. The summed E-state index contributed by atoms with van der Waals surface area (Å²) in [5.74, 6) is 4.72. The van der Waals surface area contributed by atoms with E-state index < -0.39 is 0 Å². The first-order chi connectivity index (χ1) is 5.93. The van der Waals surface area contributed by atoms with Crippen LogP contribution in [0.3, 0.4) is 0 Å². The number of hydrogen-bond donors (Lipinski definition) is 0. The smallest absolute Gasteiger partial charge is 0.0354 e. The second kappa shape index (κ2) is 2.75. The Morgan fingerprint density at radius 1 is 0.667 bits per heavy atom. The summed E-state index contributed by atoms with van der Waals surface area (Å²) in [4.78, 5) is 0. The average molecular weight is 164 g/mol. The predicted octanol–water partition coefficient (Wildman–Crippen LogP) is 3.61. The monoisotopic (exact) mass is 164 g/mol. The SMILES string of the molecule is C1CCC2CC2C2CCC(C1)C2. The van der Waals surface area contributed by atoms with Crippen molar-refractivity contribution in [2.24, 2.45) is 23.7 Å². The lowest BCUT2D eigenvalue weighted by atomic mass is 9.98. The lowest BCUT2D eigenvalue weighted by Gasteiger charge is -2.08. The Morgan fingerprint density at radius 2 is 1.50 bits per heavy atom. The second-order valence-corrected chi connectivity index (χ2v) is 5.38. The third kappa shape index (κ3) is 1.20. The van der Waals surface area contributed by atoms with E-state index in [0.29, 0.717) is 0 Å². The Labute approximate surface area is 75.7 Å². The Bertz CT molecular complexity index is 173. The molecular weight excluding hydrogens is 144 g/mol. The van der Waals surface area contributed by atoms with Gasteiger partial charge < -0.3 is 0 Å². The molecule has 3 fully saturated rings. The molecule has 4 atom stereocenters. The van der Waals surface area contributed by atoms with Crippen molar-refractivity contribution in [1.82, 2.24) is 0 Å². The molecule has 0 spiro atoms. The first-order valence-corrected chi connectivity index (χ1v) is 5.93. The van der Waals surface area contributed by atoms with Gasteiger partial charge in [-0.25, -0.2) is 0 Å². The van der Waals surface area contributed by atoms with Gasteiger partial charge in [0, 0.05) is 0 Å². The summed E-state index contributed by atoms with van der Waals surface area (Å²) in [6.45, 7) is 0. The van der Waals surface area contributed by atoms with E-state index in [4.69, 9.17) is 0 Å². The highest BCUT2D eigenvalue weighted by Crippen LogP contribution is 2.55. The van der Waals surface area contributed by atoms with E-state index in [1.54, 1.807) is 51.4 Å². The molecular formula is C12H20. The van der Waals surface area contributed by atoms with Crippen molar-refractivity contribution >= 4 is 0 Å². The molecule has 12 heavy (non-hydrogen) atoms. The molecule has 0 radical (unpaired) electrons. The summed E-state index contributed by atoms with van der Waals surface area (Å²) in [5, 5.41) is 0. The highest BCUT2D eigenvalue weighted by atomic mass is 14.5. The van der Waals surface area contributed by atoms with E-state index in [2.05, 4.69) is 0 Å². The van der Waals surface area contributed by atoms with Gasteiger partial charge in [0.15, 0.2) is 0 Å². The van der Waals surface area contributed by atoms with Crippen molar-refractivity contribution < 1.29 is 0 Å². The minimum absolute atomic E-state index is 1.15. The fraction of sp³-hybridized carbons (Fsp3) is 1.00. The zero-order valence-corrected chi connectivity index (χ0v) is 7.97. The van der Waals surface area contributed by atoms with Crippen molar-refractivity contribution in [3.05, 3.63) is 0 Å². The molecule has 0 saturated heterocycles. The van der Waals surface area contributed by atoms with Crippen molar-refractivity contribution in [3.63, 3.8) is 0 Å². The van der Waals surface area contributed by atoms with Crippen LogP contribution in [0, 0.1) is 23.7 Å². The summed E-state index contributed by atoms with van der Waals surface area (Å²) in [7, 11) is 0. The van der Waals surface area contributed by atoms with Crippen LogP contribution in [0.4, 0.5) is 0 Å². The number of rotatable bonds is 0. The molecule has 2 bridgehead atoms. The van der Waals surface area contributed by atoms with E-state index in [1.807, 2.05) is 0 Å². The van der Waals surface area contributed by atoms with Gasteiger partial charge in [0.05, 0.1) is 0 Å². The topological polar surface area (TPSA) is 0 Å². The molecule has 0 amide bonds. The lowest BCUT2D eigenvalue weighted by molar-refractivity contribution is 0.424. The quantitative estimate of drug-likeness (QED) is 0.513. The molecule has 0 N–H and O–H groups in total. The highest BCUT2D eigenvalue weighted by Gasteiger charge is 2.45. The van der Waals surface area contributed by atoms with Gasteiger partial charge in [0.25, 0.3) is 0 Å². The van der Waals surface area contributed by atoms with Gasteiger partial charge >= 0.3 is 0 Å². The van der Waals surface area contributed by atoms with Gasteiger partial charge in [0.2, 0.25) is 0 Å². The maximum Gasteiger partial charge on any atom is -0.0354 e. The molecule has 68 valence electrons. The van der Waals surface area contributed by atoms with Crippen LogP contribution in [0.25, 0.3) is 0 Å². The Hall–Kier alpha value is 0. The molecule has 0 aromatic heterocycles. The summed E-state index contributed by atoms with van der Waals surface area (Å²) in [5.41, 5.74) is 0. The van der Waals surface area contributed by atoms with Crippen LogP contribution in [-0.2, 0) is 0 Å². The zero-order chi connectivity index (χ0) is 7.97. The molecule has 0 heterocycles. The molecule has 3 saturated carbocycles. The fourth-order valence-electron chi connectivity index (χ4n) is 3.78. The molecule has 0 nitrogen and oxygen atoms in total. The summed E-state index contributed by atoms with van der Waals surface area (Å²) in [6.07, 6.45) is 12.6. The first-order valence-electron chi connectivity index (χ1n) is 5.93. The number of hydrogen-bond acceptors (Lipinski definition) is 0. The normalized spacial score (nSPS) is 52.0. The van der Waals surface area contributed by atoms with E-state index in [-0.39, 0.29) is 0 Å². The van der Waals surface area contributed by atoms with Crippen molar-refractivity contribution in [2.45, 2.75) is 51.4 Å². The zero-order valence-electron chi connectivity index (χ0n) is 7.97. The maximum absolute atomic E-state index is 1.61. The summed E-state index contributed by atoms with van der Waals surface area (Å²) >= 11 is 0. The van der Waals surface area contributed by atoms with Crippen LogP contribution >= 0.6 is 0 Å². The van der Waals surface area contributed by atoms with Gasteiger partial charge in [-0.3, -0.25) is 0 Å². The Kier molecular flexibility index (Phi) is 1.70. The first kappa shape index (κ1) is 7.41. The second-order valence-electron chi connectivity index (χ2n) is 5.38. The van der Waals surface area contributed by atoms with E-state index in [0.717, 1.165) is 5.92 Å². The molecule has 0 aromatic rings. The third-order valence-electron chi connectivity index (χ3n) is 4.60. The molecule has 0 aliphatic heterocycles. The van der Waals surface area contributed by atoms with E-state index >= 15 is 0 Å². The third-order valence-corrected chi connectivity index (χ3v) is 4.60. The van der Waals surface area contributed by atoms with Crippen LogP contribution < -0.4 is 0 Å². The molecule has 0 aromatic carbocycles. The van der Waals surface area contributed by atoms with Crippen LogP contribution in [0.2, 0.25) is 0 Å². The minimum atomic E-state index is 1.15. The Balaban J connectivity index is 1.71. The van der Waals surface area contributed by atoms with Crippen LogP contribution in [0.5, 0.6) is 0 Å². The van der Waals surface area contributed by atoms with Crippen molar-refractivity contribution in [1.29, 1.82) is 0 Å². The fourth-order valence-corrected chi connectivity index (χ4v) is 3.78. The Morgan fingerprint density at radius 3 is 2.50 bits per heavy atom. The van der Waals surface area contributed by atoms with Gasteiger partial charge in [-0.2, -0.15) is 0 Å². The minimum Gasteiger partial charge on any atom is -0.0530 e. The number of fused-ring (bicyclic) bond motifs is 4. The van der Waals surface area contributed by atoms with Gasteiger partial charge in [-0.1, -0.05) is 32.1 Å². The summed E-state index contributed by atoms with van der Waals surface area (Å²) in [6, 6.07) is 0. The maximum atomic E-state index is 1.61. The van der Waals surface area contributed by atoms with Crippen LogP contribution in [0.1, 0.15) is 51.4 Å². The standard InChI is InChI=1S/C12H20/c1-2-4-10-8-12(10)11-6-5-9(3-1)7-11/h9-12H,1-8H2. The molecule has 0 heteroatoms. The van der Waals surface area contributed by atoms with Crippen LogP contribution in [0.15, 0.2) is 0 Å². The predicted molar refractivity (Wildman–Crippen MR) is 50.9 cm³/mol. The van der Waals surface area contributed by atoms with Gasteiger partial charge in [-0.15, -0.1) is 0 Å². The average Bonchev–Trinajstić information content (AvgIpc) is 2.70.